The molecule has 1 N–H and O–H groups in total. The van der Waals surface area contributed by atoms with E-state index in [0.717, 1.165) is 40.6 Å². The summed E-state index contributed by atoms with van der Waals surface area (Å²) in [6.45, 7) is 9.90. The quantitative estimate of drug-likeness (QED) is 0.836. The van der Waals surface area contributed by atoms with Crippen molar-refractivity contribution >= 4 is 5.82 Å². The number of methoxy groups -OCH3 is 1. The Morgan fingerprint density at radius 2 is 1.92 bits per heavy atom. The Hall–Kier alpha value is -2.08. The fraction of sp³-hybridized carbons (Fsp3) is 0.579. The highest BCUT2D eigenvalue weighted by molar-refractivity contribution is 5.50. The normalized spacial score (nSPS) is 11.2. The van der Waals surface area contributed by atoms with Crippen molar-refractivity contribution in [1.82, 2.24) is 20.1 Å². The van der Waals surface area contributed by atoms with Crippen molar-refractivity contribution in [2.75, 3.05) is 26.1 Å². The van der Waals surface area contributed by atoms with E-state index in [-0.39, 0.29) is 0 Å². The molecule has 0 aliphatic carbocycles. The van der Waals surface area contributed by atoms with Crippen LogP contribution < -0.4 is 15.0 Å². The fourth-order valence-electron chi connectivity index (χ4n) is 3.33. The number of anilines is 1. The number of rotatable bonds is 7. The molecule has 0 spiro atoms. The smallest absolute Gasteiger partial charge is 0.130 e. The number of hydrogen-bond acceptors (Lipinski definition) is 5. The van der Waals surface area contributed by atoms with E-state index >= 15 is 0 Å². The molecular weight excluding hydrogens is 314 g/mol. The maximum atomic E-state index is 5.50. The largest absolute Gasteiger partial charge is 0.496 e. The van der Waals surface area contributed by atoms with E-state index in [1.54, 1.807) is 7.11 Å². The fourth-order valence-corrected chi connectivity index (χ4v) is 3.33. The summed E-state index contributed by atoms with van der Waals surface area (Å²) in [5.74, 6) is 2.45. The molecule has 0 unspecified atom stereocenters. The van der Waals surface area contributed by atoms with Crippen LogP contribution in [0.15, 0.2) is 6.20 Å². The topological polar surface area (TPSA) is 55.2 Å². The Morgan fingerprint density at radius 3 is 2.48 bits per heavy atom. The van der Waals surface area contributed by atoms with Crippen LogP contribution in [0, 0.1) is 13.8 Å². The number of nitrogens with one attached hydrogen (secondary N) is 1. The van der Waals surface area contributed by atoms with Crippen molar-refractivity contribution in [3.63, 3.8) is 0 Å². The van der Waals surface area contributed by atoms with Crippen molar-refractivity contribution in [1.29, 1.82) is 0 Å². The van der Waals surface area contributed by atoms with Crippen molar-refractivity contribution < 1.29 is 4.74 Å². The molecule has 2 rings (SSSR count). The number of aromatic nitrogens is 3. The molecule has 0 amide bonds. The van der Waals surface area contributed by atoms with E-state index in [9.17, 15) is 0 Å². The number of aryl methyl sites for hydroxylation is 2. The van der Waals surface area contributed by atoms with Gasteiger partial charge in [-0.15, -0.1) is 0 Å². The number of hydrogen-bond donors (Lipinski definition) is 1. The molecule has 0 bridgehead atoms. The summed E-state index contributed by atoms with van der Waals surface area (Å²) in [5.41, 5.74) is 5.57. The number of ether oxygens (including phenoxy) is 1. The second kappa shape index (κ2) is 7.87. The minimum Gasteiger partial charge on any atom is -0.496 e. The van der Waals surface area contributed by atoms with Crippen molar-refractivity contribution in [2.45, 2.75) is 46.7 Å². The summed E-state index contributed by atoms with van der Waals surface area (Å²) in [6, 6.07) is 0. The molecule has 138 valence electrons. The Morgan fingerprint density at radius 1 is 1.24 bits per heavy atom. The summed E-state index contributed by atoms with van der Waals surface area (Å²) in [5, 5.41) is 8.25. The zero-order valence-corrected chi connectivity index (χ0v) is 16.8. The molecule has 0 atom stereocenters. The third kappa shape index (κ3) is 3.95. The average Bonchev–Trinajstić information content (AvgIpc) is 2.87. The van der Waals surface area contributed by atoms with Crippen LogP contribution in [-0.4, -0.2) is 36.0 Å². The molecule has 2 heterocycles. The van der Waals surface area contributed by atoms with Gasteiger partial charge in [0.2, 0.25) is 0 Å². The van der Waals surface area contributed by atoms with Crippen LogP contribution >= 0.6 is 0 Å². The summed E-state index contributed by atoms with van der Waals surface area (Å²) >= 11 is 0. The van der Waals surface area contributed by atoms with Crippen LogP contribution in [0.25, 0.3) is 0 Å². The van der Waals surface area contributed by atoms with Gasteiger partial charge in [-0.1, -0.05) is 13.8 Å². The van der Waals surface area contributed by atoms with Gasteiger partial charge < -0.3 is 15.0 Å². The van der Waals surface area contributed by atoms with Crippen LogP contribution in [0.3, 0.4) is 0 Å². The Balaban J connectivity index is 2.20. The SMILES string of the molecule is COc1c(C)cnc(CNCc2c(C(C)C)nn(C)c2N(C)C)c1C. The standard InChI is InChI=1S/C19H31N5O/c1-12(2)17-15(19(23(5)6)24(7)22-17)10-20-11-16-14(4)18(25-8)13(3)9-21-16/h9,12,20H,10-11H2,1-8H3. The van der Waals surface area contributed by atoms with Crippen molar-refractivity contribution in [3.05, 3.63) is 34.3 Å². The zero-order valence-electron chi connectivity index (χ0n) is 16.8. The van der Waals surface area contributed by atoms with E-state index in [1.165, 1.54) is 5.56 Å². The maximum Gasteiger partial charge on any atom is 0.130 e. The second-order valence-corrected chi connectivity index (χ2v) is 7.01. The van der Waals surface area contributed by atoms with Crippen molar-refractivity contribution in [3.8, 4) is 5.75 Å². The van der Waals surface area contributed by atoms with Gasteiger partial charge in [0.25, 0.3) is 0 Å². The second-order valence-electron chi connectivity index (χ2n) is 7.01. The zero-order chi connectivity index (χ0) is 18.7. The minimum atomic E-state index is 0.385. The molecule has 0 saturated carbocycles. The predicted octanol–water partition coefficient (Wildman–Crippen LogP) is 2.92. The van der Waals surface area contributed by atoms with E-state index in [2.05, 4.69) is 50.1 Å². The van der Waals surface area contributed by atoms with Gasteiger partial charge in [-0.05, 0) is 19.8 Å². The lowest BCUT2D eigenvalue weighted by atomic mass is 10.1. The van der Waals surface area contributed by atoms with Crippen LogP contribution in [0.4, 0.5) is 5.82 Å². The summed E-state index contributed by atoms with van der Waals surface area (Å²) < 4.78 is 7.46. The summed E-state index contributed by atoms with van der Waals surface area (Å²) in [7, 11) is 7.82. The minimum absolute atomic E-state index is 0.385. The van der Waals surface area contributed by atoms with Crippen LogP contribution in [0.1, 0.15) is 47.8 Å². The third-order valence-electron chi connectivity index (χ3n) is 4.46. The van der Waals surface area contributed by atoms with Crippen LogP contribution in [-0.2, 0) is 20.1 Å². The lowest BCUT2D eigenvalue weighted by Crippen LogP contribution is -2.20. The van der Waals surface area contributed by atoms with E-state index in [0.29, 0.717) is 12.5 Å². The first-order valence-electron chi connectivity index (χ1n) is 8.70. The van der Waals surface area contributed by atoms with E-state index in [1.807, 2.05) is 24.9 Å². The average molecular weight is 345 g/mol. The van der Waals surface area contributed by atoms with Gasteiger partial charge in [-0.25, -0.2) is 0 Å². The molecule has 0 aliphatic heterocycles. The lowest BCUT2D eigenvalue weighted by Gasteiger charge is -2.17. The van der Waals surface area contributed by atoms with E-state index in [4.69, 9.17) is 9.84 Å². The van der Waals surface area contributed by atoms with Crippen LogP contribution in [0.2, 0.25) is 0 Å². The molecule has 25 heavy (non-hydrogen) atoms. The lowest BCUT2D eigenvalue weighted by molar-refractivity contribution is 0.406. The maximum absolute atomic E-state index is 5.50. The van der Waals surface area contributed by atoms with Gasteiger partial charge in [0.1, 0.15) is 11.6 Å². The molecule has 0 radical (unpaired) electrons. The molecule has 2 aromatic heterocycles. The van der Waals surface area contributed by atoms with Gasteiger partial charge in [-0.2, -0.15) is 5.10 Å². The summed E-state index contributed by atoms with van der Waals surface area (Å²) in [6.07, 6.45) is 1.87. The van der Waals surface area contributed by atoms with Gasteiger partial charge >= 0.3 is 0 Å². The molecule has 2 aromatic rings. The predicted molar refractivity (Wildman–Crippen MR) is 102 cm³/mol. The van der Waals surface area contributed by atoms with Gasteiger partial charge in [-0.3, -0.25) is 9.67 Å². The molecule has 6 nitrogen and oxygen atoms in total. The molecular formula is C19H31N5O. The molecule has 0 fully saturated rings. The van der Waals surface area contributed by atoms with Gasteiger partial charge in [0, 0.05) is 57.1 Å². The first kappa shape index (κ1) is 19.2. The Bertz CT molecular complexity index is 734. The van der Waals surface area contributed by atoms with E-state index < -0.39 is 0 Å². The Labute approximate surface area is 151 Å². The highest BCUT2D eigenvalue weighted by Crippen LogP contribution is 2.27. The Kier molecular flexibility index (Phi) is 6.06. The third-order valence-corrected chi connectivity index (χ3v) is 4.46. The molecule has 0 aliphatic rings. The monoisotopic (exact) mass is 345 g/mol. The van der Waals surface area contributed by atoms with Crippen molar-refractivity contribution in [2.24, 2.45) is 7.05 Å². The van der Waals surface area contributed by atoms with Gasteiger partial charge in [0.05, 0.1) is 18.5 Å². The highest BCUT2D eigenvalue weighted by Gasteiger charge is 2.19. The first-order valence-corrected chi connectivity index (χ1v) is 8.70. The number of pyridine rings is 1. The van der Waals surface area contributed by atoms with Crippen LogP contribution in [0.5, 0.6) is 5.75 Å². The molecule has 6 heteroatoms. The first-order chi connectivity index (χ1) is 11.8. The summed E-state index contributed by atoms with van der Waals surface area (Å²) in [4.78, 5) is 6.68. The molecule has 0 aromatic carbocycles. The highest BCUT2D eigenvalue weighted by atomic mass is 16.5. The van der Waals surface area contributed by atoms with Gasteiger partial charge in [0.15, 0.2) is 0 Å². The number of nitrogens with zero attached hydrogens (tertiary/aromatic N) is 4. The molecule has 0 saturated heterocycles.